The molecule has 1 aliphatic carbocycles. The molecule has 5 rings (SSSR count). The molecule has 2 aromatic carbocycles. The standard InChI is InChI=1S/C30H35BN4O4/c1-29(2)30(3,4)39-31(38-29)21(15-20-16-32-27(33-17-20)35(5)6)18-34-28(36)37-19-26-24-13-9-7-11-22(24)23-12-8-10-14-25(23)26/h7-17,26H,18-19H2,1-6H3,(H,34,36). The molecule has 0 radical (unpaired) electrons. The minimum atomic E-state index is -0.641. The maximum absolute atomic E-state index is 12.9. The average molecular weight is 526 g/mol. The van der Waals surface area contributed by atoms with Crippen LogP contribution in [0.2, 0.25) is 0 Å². The molecule has 0 bridgehead atoms. The van der Waals surface area contributed by atoms with Crippen LogP contribution in [-0.4, -0.2) is 61.6 Å². The van der Waals surface area contributed by atoms with Crippen molar-refractivity contribution in [3.8, 4) is 11.1 Å². The lowest BCUT2D eigenvalue weighted by Crippen LogP contribution is -2.41. The van der Waals surface area contributed by atoms with Gasteiger partial charge in [0.1, 0.15) is 6.61 Å². The number of fused-ring (bicyclic) bond motifs is 3. The summed E-state index contributed by atoms with van der Waals surface area (Å²) in [7, 11) is 3.13. The summed E-state index contributed by atoms with van der Waals surface area (Å²) in [6.45, 7) is 8.42. The molecule has 0 spiro atoms. The molecule has 0 atom stereocenters. The van der Waals surface area contributed by atoms with Gasteiger partial charge < -0.3 is 24.3 Å². The fourth-order valence-electron chi connectivity index (χ4n) is 4.87. The van der Waals surface area contributed by atoms with Crippen molar-refractivity contribution in [2.75, 3.05) is 32.1 Å². The number of carbonyl (C=O) groups excluding carboxylic acids is 1. The van der Waals surface area contributed by atoms with Gasteiger partial charge in [-0.25, -0.2) is 14.8 Å². The number of nitrogens with one attached hydrogen (secondary N) is 1. The van der Waals surface area contributed by atoms with Gasteiger partial charge in [-0.2, -0.15) is 0 Å². The minimum Gasteiger partial charge on any atom is -0.449 e. The summed E-state index contributed by atoms with van der Waals surface area (Å²) in [4.78, 5) is 23.5. The van der Waals surface area contributed by atoms with Crippen molar-refractivity contribution >= 4 is 25.2 Å². The van der Waals surface area contributed by atoms with Crippen molar-refractivity contribution < 1.29 is 18.8 Å². The Kier molecular flexibility index (Phi) is 7.22. The maximum atomic E-state index is 12.9. The smallest absolute Gasteiger partial charge is 0.449 e. The number of hydrogen-bond acceptors (Lipinski definition) is 7. The first kappa shape index (κ1) is 26.9. The number of benzene rings is 2. The first-order chi connectivity index (χ1) is 18.6. The third kappa shape index (κ3) is 5.42. The lowest BCUT2D eigenvalue weighted by atomic mass is 9.77. The molecule has 0 saturated carbocycles. The Labute approximate surface area is 230 Å². The van der Waals surface area contributed by atoms with Gasteiger partial charge in [0.15, 0.2) is 0 Å². The van der Waals surface area contributed by atoms with Crippen LogP contribution in [0.1, 0.15) is 50.3 Å². The van der Waals surface area contributed by atoms with Crippen molar-refractivity contribution in [3.63, 3.8) is 0 Å². The van der Waals surface area contributed by atoms with Gasteiger partial charge in [0.05, 0.1) is 11.2 Å². The molecule has 3 aromatic rings. The topological polar surface area (TPSA) is 85.8 Å². The summed E-state index contributed by atoms with van der Waals surface area (Å²) in [5, 5.41) is 2.90. The number of rotatable bonds is 7. The molecule has 202 valence electrons. The quantitative estimate of drug-likeness (QED) is 0.429. The molecule has 1 aromatic heterocycles. The Morgan fingerprint density at radius 3 is 2.05 bits per heavy atom. The van der Waals surface area contributed by atoms with Crippen LogP contribution < -0.4 is 10.2 Å². The Morgan fingerprint density at radius 1 is 0.974 bits per heavy atom. The van der Waals surface area contributed by atoms with E-state index in [1.54, 1.807) is 12.4 Å². The molecule has 1 aliphatic heterocycles. The zero-order valence-electron chi connectivity index (χ0n) is 23.4. The summed E-state index contributed by atoms with van der Waals surface area (Å²) in [5.74, 6) is 0.606. The van der Waals surface area contributed by atoms with E-state index in [-0.39, 0.29) is 19.1 Å². The van der Waals surface area contributed by atoms with Crippen molar-refractivity contribution in [2.24, 2.45) is 0 Å². The highest BCUT2D eigenvalue weighted by molar-refractivity contribution is 6.56. The lowest BCUT2D eigenvalue weighted by Gasteiger charge is -2.32. The third-order valence-electron chi connectivity index (χ3n) is 7.75. The largest absolute Gasteiger partial charge is 0.492 e. The van der Waals surface area contributed by atoms with Crippen LogP contribution in [0.25, 0.3) is 17.2 Å². The average Bonchev–Trinajstić information content (AvgIpc) is 3.34. The van der Waals surface area contributed by atoms with Gasteiger partial charge in [0.25, 0.3) is 0 Å². The predicted octanol–water partition coefficient (Wildman–Crippen LogP) is 5.10. The van der Waals surface area contributed by atoms with Crippen LogP contribution >= 0.6 is 0 Å². The fourth-order valence-corrected chi connectivity index (χ4v) is 4.87. The Bertz CT molecular complexity index is 1330. The first-order valence-electron chi connectivity index (χ1n) is 13.2. The lowest BCUT2D eigenvalue weighted by molar-refractivity contribution is 0.00578. The SMILES string of the molecule is CN(C)c1ncc(C=C(CNC(=O)OCC2c3ccccc3-c3ccccc32)B2OC(C)(C)C(C)(C)O2)cn1. The van der Waals surface area contributed by atoms with Crippen LogP contribution in [0.4, 0.5) is 10.7 Å². The highest BCUT2D eigenvalue weighted by Gasteiger charge is 2.52. The first-order valence-corrected chi connectivity index (χ1v) is 13.2. The number of hydrogen-bond donors (Lipinski definition) is 1. The van der Waals surface area contributed by atoms with Crippen LogP contribution in [0.15, 0.2) is 66.4 Å². The fraction of sp³-hybridized carbons (Fsp3) is 0.367. The summed E-state index contributed by atoms with van der Waals surface area (Å²) in [6, 6.07) is 16.5. The Balaban J connectivity index is 1.29. The zero-order chi connectivity index (χ0) is 27.8. The molecule has 1 saturated heterocycles. The number of amides is 1. The number of nitrogens with zero attached hydrogens (tertiary/aromatic N) is 3. The highest BCUT2D eigenvalue weighted by Crippen LogP contribution is 2.44. The number of aromatic nitrogens is 2. The molecule has 8 nitrogen and oxygen atoms in total. The van der Waals surface area contributed by atoms with E-state index < -0.39 is 24.4 Å². The molecule has 1 amide bonds. The molecular weight excluding hydrogens is 491 g/mol. The molecule has 9 heteroatoms. The second kappa shape index (κ2) is 10.5. The normalized spacial score (nSPS) is 17.5. The van der Waals surface area contributed by atoms with Gasteiger partial charge in [-0.05, 0) is 55.4 Å². The zero-order valence-corrected chi connectivity index (χ0v) is 23.4. The van der Waals surface area contributed by atoms with E-state index in [4.69, 9.17) is 14.0 Å². The van der Waals surface area contributed by atoms with Crippen molar-refractivity contribution in [1.82, 2.24) is 15.3 Å². The van der Waals surface area contributed by atoms with Gasteiger partial charge in [-0.1, -0.05) is 54.6 Å². The van der Waals surface area contributed by atoms with Crippen molar-refractivity contribution in [1.29, 1.82) is 0 Å². The molecule has 2 aliphatic rings. The van der Waals surface area contributed by atoms with Crippen LogP contribution in [-0.2, 0) is 14.0 Å². The van der Waals surface area contributed by atoms with Gasteiger partial charge in [-0.15, -0.1) is 0 Å². The van der Waals surface area contributed by atoms with E-state index in [0.717, 1.165) is 11.0 Å². The number of ether oxygens (including phenoxy) is 1. The minimum absolute atomic E-state index is 0.00591. The maximum Gasteiger partial charge on any atom is 0.492 e. The number of carbonyl (C=O) groups is 1. The molecule has 0 unspecified atom stereocenters. The second-order valence-electron chi connectivity index (χ2n) is 11.2. The van der Waals surface area contributed by atoms with Gasteiger partial charge in [0, 0.05) is 44.5 Å². The van der Waals surface area contributed by atoms with Gasteiger partial charge >= 0.3 is 13.2 Å². The van der Waals surface area contributed by atoms with Gasteiger partial charge in [0.2, 0.25) is 5.95 Å². The molecule has 1 N–H and O–H groups in total. The van der Waals surface area contributed by atoms with E-state index in [0.29, 0.717) is 5.95 Å². The summed E-state index contributed by atoms with van der Waals surface area (Å²) in [5.41, 5.74) is 5.20. The van der Waals surface area contributed by atoms with E-state index in [9.17, 15) is 4.79 Å². The van der Waals surface area contributed by atoms with E-state index in [1.165, 1.54) is 22.3 Å². The van der Waals surface area contributed by atoms with Crippen LogP contribution in [0.5, 0.6) is 0 Å². The second-order valence-corrected chi connectivity index (χ2v) is 11.2. The number of alkyl carbamates (subject to hydrolysis) is 1. The van der Waals surface area contributed by atoms with Crippen LogP contribution in [0, 0.1) is 0 Å². The summed E-state index contributed by atoms with van der Waals surface area (Å²) in [6.07, 6.45) is 4.87. The third-order valence-corrected chi connectivity index (χ3v) is 7.75. The Morgan fingerprint density at radius 2 is 1.51 bits per heavy atom. The van der Waals surface area contributed by atoms with Gasteiger partial charge in [-0.3, -0.25) is 0 Å². The number of anilines is 1. The van der Waals surface area contributed by atoms with E-state index >= 15 is 0 Å². The van der Waals surface area contributed by atoms with Crippen LogP contribution in [0.3, 0.4) is 0 Å². The molecule has 2 heterocycles. The monoisotopic (exact) mass is 526 g/mol. The Hall–Kier alpha value is -3.69. The molecule has 39 heavy (non-hydrogen) atoms. The summed E-state index contributed by atoms with van der Waals surface area (Å²) < 4.78 is 18.3. The van der Waals surface area contributed by atoms with Crippen molar-refractivity contribution in [3.05, 3.63) is 83.1 Å². The highest BCUT2D eigenvalue weighted by atomic mass is 16.7. The molecule has 1 fully saturated rings. The van der Waals surface area contributed by atoms with Crippen molar-refractivity contribution in [2.45, 2.75) is 44.8 Å². The molecular formula is C30H35BN4O4. The summed E-state index contributed by atoms with van der Waals surface area (Å²) >= 11 is 0. The van der Waals surface area contributed by atoms with E-state index in [1.807, 2.05) is 77.0 Å². The van der Waals surface area contributed by atoms with E-state index in [2.05, 4.69) is 39.6 Å². The predicted molar refractivity (Wildman–Crippen MR) is 153 cm³/mol.